The summed E-state index contributed by atoms with van der Waals surface area (Å²) in [5.74, 6) is -0.306. The van der Waals surface area contributed by atoms with Crippen molar-refractivity contribution in [2.45, 2.75) is 13.3 Å². The zero-order chi connectivity index (χ0) is 16.2. The molecule has 0 spiro atoms. The van der Waals surface area contributed by atoms with Gasteiger partial charge in [0.05, 0.1) is 6.61 Å². The van der Waals surface area contributed by atoms with Crippen molar-refractivity contribution in [3.8, 4) is 0 Å². The molecule has 0 aromatic heterocycles. The molecule has 3 rings (SSSR count). The van der Waals surface area contributed by atoms with Gasteiger partial charge < -0.3 is 9.64 Å². The maximum absolute atomic E-state index is 12.5. The summed E-state index contributed by atoms with van der Waals surface area (Å²) in [5, 5.41) is 0.675. The molecule has 0 bridgehead atoms. The molecule has 0 fully saturated rings. The molecule has 1 aliphatic heterocycles. The van der Waals surface area contributed by atoms with Gasteiger partial charge in [0.1, 0.15) is 5.70 Å². The standard InChI is InChI=1S/C19H18ClNO2/c1-2-23-19(22)18-13-15-6-4-3-5-14(15)11-12-21(18)17-9-7-16(20)8-10-17/h3-10,13H,2,11-12H2,1H3. The fourth-order valence-corrected chi connectivity index (χ4v) is 2.87. The Labute approximate surface area is 141 Å². The second-order valence-electron chi connectivity index (χ2n) is 5.33. The zero-order valence-corrected chi connectivity index (χ0v) is 13.7. The highest BCUT2D eigenvalue weighted by molar-refractivity contribution is 6.30. The van der Waals surface area contributed by atoms with Gasteiger partial charge in [-0.25, -0.2) is 4.79 Å². The van der Waals surface area contributed by atoms with Crippen molar-refractivity contribution in [3.05, 3.63) is 70.4 Å². The molecule has 0 unspecified atom stereocenters. The Hall–Kier alpha value is -2.26. The Bertz CT molecular complexity index is 737. The van der Waals surface area contributed by atoms with Crippen LogP contribution >= 0.6 is 11.6 Å². The van der Waals surface area contributed by atoms with Crippen LogP contribution in [0.25, 0.3) is 6.08 Å². The van der Waals surface area contributed by atoms with Crippen LogP contribution in [0, 0.1) is 0 Å². The number of hydrogen-bond donors (Lipinski definition) is 0. The molecular weight excluding hydrogens is 310 g/mol. The molecule has 0 saturated heterocycles. The SMILES string of the molecule is CCOC(=O)C1=Cc2ccccc2CCN1c1ccc(Cl)cc1. The molecule has 3 nitrogen and oxygen atoms in total. The minimum absolute atomic E-state index is 0.306. The van der Waals surface area contributed by atoms with Crippen LogP contribution in [0.1, 0.15) is 18.1 Å². The number of esters is 1. The van der Waals surface area contributed by atoms with Gasteiger partial charge in [0.2, 0.25) is 0 Å². The smallest absolute Gasteiger partial charge is 0.354 e. The van der Waals surface area contributed by atoms with E-state index in [0.29, 0.717) is 23.9 Å². The average molecular weight is 328 g/mol. The molecule has 0 aliphatic carbocycles. The van der Waals surface area contributed by atoms with E-state index >= 15 is 0 Å². The predicted octanol–water partition coefficient (Wildman–Crippen LogP) is 4.31. The van der Waals surface area contributed by atoms with Crippen molar-refractivity contribution in [3.63, 3.8) is 0 Å². The van der Waals surface area contributed by atoms with Gasteiger partial charge in [-0.05, 0) is 54.8 Å². The summed E-state index contributed by atoms with van der Waals surface area (Å²) in [6, 6.07) is 15.6. The average Bonchev–Trinajstić information content (AvgIpc) is 2.76. The molecule has 118 valence electrons. The summed E-state index contributed by atoms with van der Waals surface area (Å²) in [6.45, 7) is 2.88. The van der Waals surface area contributed by atoms with Gasteiger partial charge in [-0.3, -0.25) is 0 Å². The lowest BCUT2D eigenvalue weighted by atomic mass is 10.1. The summed E-state index contributed by atoms with van der Waals surface area (Å²) in [7, 11) is 0. The maximum atomic E-state index is 12.5. The molecule has 0 amide bonds. The number of carbonyl (C=O) groups is 1. The Morgan fingerprint density at radius 2 is 1.91 bits per heavy atom. The third-order valence-corrected chi connectivity index (χ3v) is 4.12. The normalized spacial score (nSPS) is 13.8. The molecule has 1 heterocycles. The number of nitrogens with zero attached hydrogens (tertiary/aromatic N) is 1. The number of benzene rings is 2. The van der Waals surface area contributed by atoms with Crippen LogP contribution in [0.3, 0.4) is 0 Å². The van der Waals surface area contributed by atoms with Gasteiger partial charge in [0, 0.05) is 17.3 Å². The first kappa shape index (κ1) is 15.6. The van der Waals surface area contributed by atoms with Crippen LogP contribution in [-0.2, 0) is 16.0 Å². The van der Waals surface area contributed by atoms with Crippen LogP contribution in [0.15, 0.2) is 54.2 Å². The number of rotatable bonds is 3. The fourth-order valence-electron chi connectivity index (χ4n) is 2.74. The molecule has 0 N–H and O–H groups in total. The van der Waals surface area contributed by atoms with Crippen molar-refractivity contribution < 1.29 is 9.53 Å². The van der Waals surface area contributed by atoms with Gasteiger partial charge in [-0.1, -0.05) is 35.9 Å². The third kappa shape index (κ3) is 3.40. The van der Waals surface area contributed by atoms with E-state index in [2.05, 4.69) is 6.07 Å². The van der Waals surface area contributed by atoms with Crippen LogP contribution in [-0.4, -0.2) is 19.1 Å². The lowest BCUT2D eigenvalue weighted by Crippen LogP contribution is -2.29. The molecule has 4 heteroatoms. The lowest BCUT2D eigenvalue weighted by molar-refractivity contribution is -0.138. The van der Waals surface area contributed by atoms with Gasteiger partial charge in [-0.2, -0.15) is 0 Å². The summed E-state index contributed by atoms with van der Waals surface area (Å²) in [5.41, 5.74) is 3.78. The maximum Gasteiger partial charge on any atom is 0.354 e. The van der Waals surface area contributed by atoms with Gasteiger partial charge in [0.25, 0.3) is 0 Å². The van der Waals surface area contributed by atoms with Crippen molar-refractivity contribution in [1.29, 1.82) is 0 Å². The molecule has 2 aromatic rings. The molecular formula is C19H18ClNO2. The van der Waals surface area contributed by atoms with Crippen molar-refractivity contribution in [2.24, 2.45) is 0 Å². The third-order valence-electron chi connectivity index (χ3n) is 3.87. The summed E-state index contributed by atoms with van der Waals surface area (Å²) in [4.78, 5) is 14.4. The number of carbonyl (C=O) groups excluding carboxylic acids is 1. The van der Waals surface area contributed by atoms with E-state index in [1.54, 1.807) is 0 Å². The van der Waals surface area contributed by atoms with Crippen LogP contribution in [0.5, 0.6) is 0 Å². The van der Waals surface area contributed by atoms with Crippen LogP contribution in [0.4, 0.5) is 5.69 Å². The monoisotopic (exact) mass is 327 g/mol. The molecule has 0 saturated carbocycles. The van der Waals surface area contributed by atoms with Crippen LogP contribution < -0.4 is 4.90 Å². The minimum Gasteiger partial charge on any atom is -0.461 e. The van der Waals surface area contributed by atoms with E-state index in [1.807, 2.05) is 60.4 Å². The fraction of sp³-hybridized carbons (Fsp3) is 0.211. The number of fused-ring (bicyclic) bond motifs is 1. The quantitative estimate of drug-likeness (QED) is 0.787. The summed E-state index contributed by atoms with van der Waals surface area (Å²) < 4.78 is 5.25. The first-order valence-corrected chi connectivity index (χ1v) is 8.06. The highest BCUT2D eigenvalue weighted by atomic mass is 35.5. The second-order valence-corrected chi connectivity index (χ2v) is 5.76. The van der Waals surface area contributed by atoms with E-state index < -0.39 is 0 Å². The van der Waals surface area contributed by atoms with Crippen LogP contribution in [0.2, 0.25) is 5.02 Å². The second kappa shape index (κ2) is 6.88. The van der Waals surface area contributed by atoms with Gasteiger partial charge >= 0.3 is 5.97 Å². The molecule has 23 heavy (non-hydrogen) atoms. The first-order chi connectivity index (χ1) is 11.2. The zero-order valence-electron chi connectivity index (χ0n) is 13.0. The molecule has 2 aromatic carbocycles. The Balaban J connectivity index is 2.04. The number of halogens is 1. The van der Waals surface area contributed by atoms with Gasteiger partial charge in [0.15, 0.2) is 0 Å². The predicted molar refractivity (Wildman–Crippen MR) is 93.6 cm³/mol. The van der Waals surface area contributed by atoms with Crippen molar-refractivity contribution >= 4 is 29.3 Å². The highest BCUT2D eigenvalue weighted by Crippen LogP contribution is 2.28. The molecule has 1 aliphatic rings. The highest BCUT2D eigenvalue weighted by Gasteiger charge is 2.23. The number of hydrogen-bond acceptors (Lipinski definition) is 3. The summed E-state index contributed by atoms with van der Waals surface area (Å²) >= 11 is 5.98. The van der Waals surface area contributed by atoms with Gasteiger partial charge in [-0.15, -0.1) is 0 Å². The lowest BCUT2D eigenvalue weighted by Gasteiger charge is -2.25. The molecule has 0 radical (unpaired) electrons. The van der Waals surface area contributed by atoms with E-state index in [9.17, 15) is 4.79 Å². The number of ether oxygens (including phenoxy) is 1. The van der Waals surface area contributed by atoms with E-state index in [4.69, 9.17) is 16.3 Å². The van der Waals surface area contributed by atoms with Crippen molar-refractivity contribution in [2.75, 3.05) is 18.1 Å². The topological polar surface area (TPSA) is 29.5 Å². The Kier molecular flexibility index (Phi) is 4.68. The Morgan fingerprint density at radius 1 is 1.17 bits per heavy atom. The minimum atomic E-state index is -0.306. The number of anilines is 1. The summed E-state index contributed by atoms with van der Waals surface area (Å²) in [6.07, 6.45) is 2.77. The van der Waals surface area contributed by atoms with E-state index in [-0.39, 0.29) is 5.97 Å². The van der Waals surface area contributed by atoms with E-state index in [0.717, 1.165) is 17.7 Å². The largest absolute Gasteiger partial charge is 0.461 e. The molecule has 0 atom stereocenters. The van der Waals surface area contributed by atoms with E-state index in [1.165, 1.54) is 5.56 Å². The Morgan fingerprint density at radius 3 is 2.65 bits per heavy atom. The first-order valence-electron chi connectivity index (χ1n) is 7.69. The van der Waals surface area contributed by atoms with Crippen molar-refractivity contribution in [1.82, 2.24) is 0 Å².